The van der Waals surface area contributed by atoms with E-state index in [1.807, 2.05) is 5.47 Å². The van der Waals surface area contributed by atoms with E-state index < -0.39 is 0 Å². The van der Waals surface area contributed by atoms with Crippen molar-refractivity contribution in [2.45, 2.75) is 103 Å². The smallest absolute Gasteiger partial charge is 0.105 e. The van der Waals surface area contributed by atoms with Gasteiger partial charge in [-0.3, -0.25) is 0 Å². The van der Waals surface area contributed by atoms with Crippen LogP contribution in [0.4, 0.5) is 0 Å². The summed E-state index contributed by atoms with van der Waals surface area (Å²) in [5.41, 5.74) is 1.82. The van der Waals surface area contributed by atoms with Crippen molar-refractivity contribution in [3.8, 4) is 0 Å². The van der Waals surface area contributed by atoms with Gasteiger partial charge in [-0.1, -0.05) is 95.3 Å². The van der Waals surface area contributed by atoms with Gasteiger partial charge in [0.1, 0.15) is 0 Å². The molecule has 0 unspecified atom stereocenters. The Morgan fingerprint density at radius 2 is 1.37 bits per heavy atom. The van der Waals surface area contributed by atoms with E-state index in [1.54, 1.807) is 0 Å². The molecule has 2 rings (SSSR count). The molecule has 0 spiro atoms. The van der Waals surface area contributed by atoms with Crippen LogP contribution in [0.2, 0.25) is 11.6 Å². The molecule has 1 heteroatoms. The van der Waals surface area contributed by atoms with Crippen molar-refractivity contribution in [3.05, 3.63) is 11.5 Å². The van der Waals surface area contributed by atoms with Crippen LogP contribution in [0, 0.1) is 0 Å². The second kappa shape index (κ2) is 8.17. The van der Waals surface area contributed by atoms with Gasteiger partial charge >= 0.3 is 0 Å². The van der Waals surface area contributed by atoms with Gasteiger partial charge < -0.3 is 0 Å². The Bertz CT molecular complexity index is 251. The van der Waals surface area contributed by atoms with E-state index in [9.17, 15) is 0 Å². The molecule has 2 aliphatic rings. The second-order valence-corrected chi connectivity index (χ2v) is 6.94. The van der Waals surface area contributed by atoms with Crippen LogP contribution in [0.3, 0.4) is 0 Å². The summed E-state index contributed by atoms with van der Waals surface area (Å²) in [6.45, 7) is 5.59. The first kappa shape index (κ1) is 15.2. The summed E-state index contributed by atoms with van der Waals surface area (Å²) in [5, 5.41) is 0. The lowest BCUT2D eigenvalue weighted by molar-refractivity contribution is 0.462. The summed E-state index contributed by atoms with van der Waals surface area (Å²) in [6.07, 6.45) is 20.2. The molecule has 2 saturated carbocycles. The van der Waals surface area contributed by atoms with Crippen molar-refractivity contribution in [1.29, 1.82) is 0 Å². The molecule has 0 bridgehead atoms. The molecule has 2 aliphatic carbocycles. The zero-order chi connectivity index (χ0) is 13.5. The monoisotopic (exact) mass is 260 g/mol. The summed E-state index contributed by atoms with van der Waals surface area (Å²) in [6, 6.07) is 0. The molecule has 0 aromatic carbocycles. The van der Waals surface area contributed by atoms with Crippen molar-refractivity contribution >= 4 is 6.71 Å². The molecular formula is C18H33B. The summed E-state index contributed by atoms with van der Waals surface area (Å²) in [7, 11) is 0. The molecule has 0 saturated heterocycles. The topological polar surface area (TPSA) is 0 Å². The fourth-order valence-corrected chi connectivity index (χ4v) is 4.77. The van der Waals surface area contributed by atoms with Crippen molar-refractivity contribution in [2.75, 3.05) is 0 Å². The SMILES string of the molecule is C/C=C(\CCC)B(C1CCCCC1)C1CCCCC1. The van der Waals surface area contributed by atoms with Crippen LogP contribution >= 0.6 is 0 Å². The van der Waals surface area contributed by atoms with E-state index in [4.69, 9.17) is 0 Å². The summed E-state index contributed by atoms with van der Waals surface area (Å²) < 4.78 is 0. The average molecular weight is 260 g/mol. The van der Waals surface area contributed by atoms with Crippen LogP contribution < -0.4 is 0 Å². The van der Waals surface area contributed by atoms with Crippen molar-refractivity contribution in [1.82, 2.24) is 0 Å². The molecule has 0 atom stereocenters. The van der Waals surface area contributed by atoms with Gasteiger partial charge in [0, 0.05) is 0 Å². The first-order chi connectivity index (χ1) is 9.36. The fourth-order valence-electron chi connectivity index (χ4n) is 4.77. The zero-order valence-corrected chi connectivity index (χ0v) is 13.3. The molecule has 19 heavy (non-hydrogen) atoms. The average Bonchev–Trinajstić information content (AvgIpc) is 2.49. The van der Waals surface area contributed by atoms with Crippen LogP contribution in [0.15, 0.2) is 11.5 Å². The van der Waals surface area contributed by atoms with Gasteiger partial charge in [0.15, 0.2) is 6.71 Å². The van der Waals surface area contributed by atoms with Crippen molar-refractivity contribution in [2.24, 2.45) is 0 Å². The standard InChI is InChI=1S/C18H33B/c1-3-11-16(4-2)19(17-12-7-5-8-13-17)18-14-9-6-10-15-18/h4,17-18H,3,5-15H2,1-2H3/b16-4+. The molecule has 0 N–H and O–H groups in total. The molecule has 0 radical (unpaired) electrons. The largest absolute Gasteiger partial charge is 0.176 e. The molecule has 0 heterocycles. The van der Waals surface area contributed by atoms with Gasteiger partial charge in [0.25, 0.3) is 0 Å². The predicted molar refractivity (Wildman–Crippen MR) is 88.1 cm³/mol. The summed E-state index contributed by atoms with van der Waals surface area (Å²) in [4.78, 5) is 0. The maximum absolute atomic E-state index is 2.48. The Morgan fingerprint density at radius 1 is 0.895 bits per heavy atom. The van der Waals surface area contributed by atoms with Crippen LogP contribution in [0.1, 0.15) is 90.9 Å². The highest BCUT2D eigenvalue weighted by molar-refractivity contribution is 6.69. The highest BCUT2D eigenvalue weighted by atomic mass is 14.2. The maximum Gasteiger partial charge on any atom is 0.176 e. The number of hydrogen-bond acceptors (Lipinski definition) is 0. The predicted octanol–water partition coefficient (Wildman–Crippen LogP) is 6.44. The summed E-state index contributed by atoms with van der Waals surface area (Å²) in [5.74, 6) is 2.05. The van der Waals surface area contributed by atoms with Crippen LogP contribution in [-0.2, 0) is 0 Å². The fraction of sp³-hybridized carbons (Fsp3) is 0.889. The maximum atomic E-state index is 2.48. The van der Waals surface area contributed by atoms with Gasteiger partial charge in [-0.25, -0.2) is 0 Å². The molecule has 0 aromatic rings. The minimum atomic E-state index is 0.950. The van der Waals surface area contributed by atoms with Gasteiger partial charge in [-0.05, 0) is 13.3 Å². The van der Waals surface area contributed by atoms with E-state index in [2.05, 4.69) is 19.9 Å². The first-order valence-corrected chi connectivity index (χ1v) is 9.02. The molecular weight excluding hydrogens is 227 g/mol. The van der Waals surface area contributed by atoms with Gasteiger partial charge in [0.2, 0.25) is 0 Å². The quantitative estimate of drug-likeness (QED) is 0.499. The van der Waals surface area contributed by atoms with Crippen LogP contribution in [-0.4, -0.2) is 6.71 Å². The normalized spacial score (nSPS) is 23.6. The van der Waals surface area contributed by atoms with E-state index in [-0.39, 0.29) is 0 Å². The lowest BCUT2D eigenvalue weighted by atomic mass is 9.26. The second-order valence-electron chi connectivity index (χ2n) is 6.94. The first-order valence-electron chi connectivity index (χ1n) is 9.02. The molecule has 2 fully saturated rings. The molecule has 0 nitrogen and oxygen atoms in total. The molecule has 0 amide bonds. The van der Waals surface area contributed by atoms with Crippen LogP contribution in [0.25, 0.3) is 0 Å². The van der Waals surface area contributed by atoms with E-state index in [0.717, 1.165) is 18.3 Å². The van der Waals surface area contributed by atoms with Crippen LogP contribution in [0.5, 0.6) is 0 Å². The van der Waals surface area contributed by atoms with Gasteiger partial charge in [0.05, 0.1) is 0 Å². The Kier molecular flexibility index (Phi) is 6.54. The summed E-state index contributed by atoms with van der Waals surface area (Å²) >= 11 is 0. The number of rotatable bonds is 5. The Balaban J connectivity index is 2.10. The van der Waals surface area contributed by atoms with Crippen molar-refractivity contribution < 1.29 is 0 Å². The Morgan fingerprint density at radius 3 is 1.74 bits per heavy atom. The van der Waals surface area contributed by atoms with Crippen molar-refractivity contribution in [3.63, 3.8) is 0 Å². The number of hydrogen-bond donors (Lipinski definition) is 0. The highest BCUT2D eigenvalue weighted by Crippen LogP contribution is 2.44. The minimum absolute atomic E-state index is 0.950. The minimum Gasteiger partial charge on any atom is -0.105 e. The highest BCUT2D eigenvalue weighted by Gasteiger charge is 2.36. The molecule has 0 aromatic heterocycles. The van der Waals surface area contributed by atoms with Gasteiger partial charge in [-0.15, -0.1) is 5.47 Å². The third-order valence-corrected chi connectivity index (χ3v) is 5.65. The molecule has 0 aliphatic heterocycles. The lowest BCUT2D eigenvalue weighted by Crippen LogP contribution is -2.32. The third-order valence-electron chi connectivity index (χ3n) is 5.65. The zero-order valence-electron chi connectivity index (χ0n) is 13.3. The third kappa shape index (κ3) is 4.13. The lowest BCUT2D eigenvalue weighted by Gasteiger charge is -2.37. The molecule has 108 valence electrons. The van der Waals surface area contributed by atoms with Gasteiger partial charge in [-0.2, -0.15) is 0 Å². The van der Waals surface area contributed by atoms with E-state index >= 15 is 0 Å². The Labute approximate surface area is 121 Å². The Hall–Kier alpha value is -0.195. The van der Waals surface area contributed by atoms with E-state index in [0.29, 0.717) is 0 Å². The van der Waals surface area contributed by atoms with E-state index in [1.165, 1.54) is 77.0 Å². The number of allylic oxidation sites excluding steroid dienone is 2.